The summed E-state index contributed by atoms with van der Waals surface area (Å²) >= 11 is 0. The monoisotopic (exact) mass is 414 g/mol. The number of allylic oxidation sites excluding steroid dienone is 2. The number of carbonyl (C=O) groups is 5. The minimum atomic E-state index is -1.06. The van der Waals surface area contributed by atoms with Gasteiger partial charge in [0.2, 0.25) is 17.6 Å². The Labute approximate surface area is 174 Å². The smallest absolute Gasteiger partial charge is 0.308 e. The summed E-state index contributed by atoms with van der Waals surface area (Å²) in [5, 5.41) is 0. The number of aryl methyl sites for hydroxylation is 1. The second kappa shape index (κ2) is 8.38. The van der Waals surface area contributed by atoms with Crippen LogP contribution in [0.2, 0.25) is 0 Å². The van der Waals surface area contributed by atoms with Gasteiger partial charge in [-0.1, -0.05) is 12.2 Å². The van der Waals surface area contributed by atoms with Crippen molar-refractivity contribution in [3.63, 3.8) is 0 Å². The number of carbonyl (C=O) groups excluding carboxylic acids is 5. The number of H-pyrrole nitrogens is 1. The molecule has 1 aliphatic carbocycles. The maximum atomic E-state index is 12.7. The van der Waals surface area contributed by atoms with Gasteiger partial charge in [0.15, 0.2) is 11.9 Å². The van der Waals surface area contributed by atoms with Crippen LogP contribution >= 0.6 is 0 Å². The molecule has 8 heteroatoms. The van der Waals surface area contributed by atoms with Gasteiger partial charge in [0.05, 0.1) is 24.0 Å². The van der Waals surface area contributed by atoms with Crippen molar-refractivity contribution in [2.75, 3.05) is 6.54 Å². The molecule has 3 rings (SSSR count). The Morgan fingerprint density at radius 1 is 1.13 bits per heavy atom. The summed E-state index contributed by atoms with van der Waals surface area (Å²) in [7, 11) is 0. The molecule has 0 spiro atoms. The van der Waals surface area contributed by atoms with Crippen LogP contribution in [-0.4, -0.2) is 51.9 Å². The molecule has 0 saturated carbocycles. The van der Waals surface area contributed by atoms with Gasteiger partial charge < -0.3 is 9.72 Å². The Morgan fingerprint density at radius 2 is 1.70 bits per heavy atom. The fourth-order valence-electron chi connectivity index (χ4n) is 4.33. The quantitative estimate of drug-likeness (QED) is 0.317. The van der Waals surface area contributed by atoms with Crippen molar-refractivity contribution < 1.29 is 28.7 Å². The minimum Gasteiger partial charge on any atom is -0.454 e. The summed E-state index contributed by atoms with van der Waals surface area (Å²) in [6.45, 7) is 6.19. The molecular weight excluding hydrogens is 388 g/mol. The first-order valence-corrected chi connectivity index (χ1v) is 10.1. The number of imide groups is 1. The van der Waals surface area contributed by atoms with Crippen molar-refractivity contribution in [3.8, 4) is 0 Å². The molecule has 0 radical (unpaired) electrons. The van der Waals surface area contributed by atoms with Crippen molar-refractivity contribution in [2.45, 2.75) is 53.1 Å². The van der Waals surface area contributed by atoms with Crippen molar-refractivity contribution in [1.82, 2.24) is 9.88 Å². The largest absolute Gasteiger partial charge is 0.454 e. The number of likely N-dealkylation sites (tertiary alicyclic amines) is 1. The summed E-state index contributed by atoms with van der Waals surface area (Å²) in [5.74, 6) is -2.44. The molecule has 3 atom stereocenters. The fourth-order valence-corrected chi connectivity index (χ4v) is 4.33. The van der Waals surface area contributed by atoms with Crippen molar-refractivity contribution >= 4 is 29.4 Å². The zero-order valence-corrected chi connectivity index (χ0v) is 17.6. The highest BCUT2D eigenvalue weighted by Gasteiger charge is 2.47. The van der Waals surface area contributed by atoms with Gasteiger partial charge in [0, 0.05) is 17.8 Å². The predicted octanol–water partition coefficient (Wildman–Crippen LogP) is 2.29. The van der Waals surface area contributed by atoms with Gasteiger partial charge in [-0.3, -0.25) is 28.9 Å². The van der Waals surface area contributed by atoms with Crippen LogP contribution in [0.1, 0.15) is 65.2 Å². The van der Waals surface area contributed by atoms with E-state index in [9.17, 15) is 24.0 Å². The molecule has 8 nitrogen and oxygen atoms in total. The number of aromatic nitrogens is 1. The maximum Gasteiger partial charge on any atom is 0.308 e. The van der Waals surface area contributed by atoms with Gasteiger partial charge in [0.25, 0.3) is 0 Å². The van der Waals surface area contributed by atoms with Crippen LogP contribution in [0.15, 0.2) is 12.2 Å². The average Bonchev–Trinajstić information content (AvgIpc) is 3.13. The van der Waals surface area contributed by atoms with E-state index in [1.807, 2.05) is 12.2 Å². The SMILES string of the molecule is CC(=O)c1c(C)[nH]c(C(=O)[C@@H](C)OC(=O)CCN2C(=O)[C@H]3CC=CC[C@H]3C2=O)c1C. The summed E-state index contributed by atoms with van der Waals surface area (Å²) in [6.07, 6.45) is 3.64. The fraction of sp³-hybridized carbons (Fsp3) is 0.500. The Kier molecular flexibility index (Phi) is 6.05. The third-order valence-electron chi connectivity index (χ3n) is 5.85. The molecule has 2 aliphatic rings. The summed E-state index contributed by atoms with van der Waals surface area (Å²) < 4.78 is 5.23. The number of nitrogens with one attached hydrogen (secondary N) is 1. The van der Waals surface area contributed by atoms with E-state index in [2.05, 4.69) is 4.98 Å². The molecule has 1 fully saturated rings. The topological polar surface area (TPSA) is 114 Å². The lowest BCUT2D eigenvalue weighted by Crippen LogP contribution is -2.34. The van der Waals surface area contributed by atoms with Gasteiger partial charge in [0.1, 0.15) is 0 Å². The minimum absolute atomic E-state index is 0.0560. The first kappa shape index (κ1) is 21.7. The Balaban J connectivity index is 1.58. The Morgan fingerprint density at radius 3 is 2.20 bits per heavy atom. The van der Waals surface area contributed by atoms with E-state index >= 15 is 0 Å². The van der Waals surface area contributed by atoms with Crippen LogP contribution in [0, 0.1) is 25.7 Å². The van der Waals surface area contributed by atoms with Crippen LogP contribution in [0.3, 0.4) is 0 Å². The second-order valence-electron chi connectivity index (χ2n) is 7.91. The Hall–Kier alpha value is -3.03. The highest BCUT2D eigenvalue weighted by atomic mass is 16.5. The van der Waals surface area contributed by atoms with Crippen LogP contribution in [0.4, 0.5) is 0 Å². The molecule has 0 unspecified atom stereocenters. The maximum absolute atomic E-state index is 12.7. The molecule has 2 heterocycles. The number of ketones is 2. The van der Waals surface area contributed by atoms with Gasteiger partial charge in [-0.2, -0.15) is 0 Å². The molecule has 0 aromatic carbocycles. The molecule has 1 aromatic rings. The molecule has 160 valence electrons. The van der Waals surface area contributed by atoms with Crippen LogP contribution in [0.25, 0.3) is 0 Å². The molecule has 1 aliphatic heterocycles. The molecule has 1 aromatic heterocycles. The number of rotatable bonds is 7. The molecule has 30 heavy (non-hydrogen) atoms. The zero-order chi connectivity index (χ0) is 22.2. The third kappa shape index (κ3) is 3.86. The van der Waals surface area contributed by atoms with E-state index in [0.29, 0.717) is 29.7 Å². The van der Waals surface area contributed by atoms with Crippen LogP contribution in [0.5, 0.6) is 0 Å². The van der Waals surface area contributed by atoms with Gasteiger partial charge in [-0.25, -0.2) is 0 Å². The summed E-state index contributed by atoms with van der Waals surface area (Å²) in [6, 6.07) is 0. The van der Waals surface area contributed by atoms with E-state index in [1.54, 1.807) is 13.8 Å². The van der Waals surface area contributed by atoms with Crippen molar-refractivity contribution in [2.24, 2.45) is 11.8 Å². The lowest BCUT2D eigenvalue weighted by atomic mass is 9.85. The number of hydrogen-bond acceptors (Lipinski definition) is 6. The number of ether oxygens (including phenoxy) is 1. The number of nitrogens with zero attached hydrogens (tertiary/aromatic N) is 1. The van der Waals surface area contributed by atoms with E-state index in [0.717, 1.165) is 4.90 Å². The lowest BCUT2D eigenvalue weighted by Gasteiger charge is -2.16. The number of aromatic amines is 1. The first-order valence-electron chi connectivity index (χ1n) is 10.1. The average molecular weight is 414 g/mol. The third-order valence-corrected chi connectivity index (χ3v) is 5.85. The highest BCUT2D eigenvalue weighted by Crippen LogP contribution is 2.35. The van der Waals surface area contributed by atoms with Crippen LogP contribution < -0.4 is 0 Å². The first-order chi connectivity index (χ1) is 14.1. The number of Topliss-reactive ketones (excluding diaryl/α,β-unsaturated/α-hetero) is 2. The van der Waals surface area contributed by atoms with Gasteiger partial charge >= 0.3 is 5.97 Å². The number of amides is 2. The lowest BCUT2D eigenvalue weighted by molar-refractivity contribution is -0.147. The van der Waals surface area contributed by atoms with Gasteiger partial charge in [-0.05, 0) is 46.1 Å². The molecule has 0 bridgehead atoms. The normalized spacial score (nSPS) is 21.5. The zero-order valence-electron chi connectivity index (χ0n) is 17.6. The van der Waals surface area contributed by atoms with Crippen molar-refractivity contribution in [1.29, 1.82) is 0 Å². The summed E-state index contributed by atoms with van der Waals surface area (Å²) in [5.41, 5.74) is 1.81. The molecule has 1 saturated heterocycles. The number of fused-ring (bicyclic) bond motifs is 1. The molecular formula is C22H26N2O6. The summed E-state index contributed by atoms with van der Waals surface area (Å²) in [4.78, 5) is 65.6. The second-order valence-corrected chi connectivity index (χ2v) is 7.91. The van der Waals surface area contributed by atoms with Crippen molar-refractivity contribution in [3.05, 3.63) is 34.7 Å². The van der Waals surface area contributed by atoms with Gasteiger partial charge in [-0.15, -0.1) is 0 Å². The van der Waals surface area contributed by atoms with E-state index in [-0.39, 0.29) is 48.1 Å². The van der Waals surface area contributed by atoms with Crippen LogP contribution in [-0.2, 0) is 19.1 Å². The number of hydrogen-bond donors (Lipinski definition) is 1. The van der Waals surface area contributed by atoms with E-state index < -0.39 is 17.9 Å². The standard InChI is InChI=1S/C22H26N2O6/c1-11-18(13(3)25)12(2)23-19(11)20(27)14(4)30-17(26)9-10-24-21(28)15-7-5-6-8-16(15)22(24)29/h5-6,14-16,23H,7-10H2,1-4H3/t14-,15-,16+/m1/s1. The Bertz CT molecular complexity index is 931. The predicted molar refractivity (Wildman–Crippen MR) is 107 cm³/mol. The number of esters is 1. The van der Waals surface area contributed by atoms with E-state index in [1.165, 1.54) is 13.8 Å². The van der Waals surface area contributed by atoms with E-state index in [4.69, 9.17) is 4.74 Å². The molecule has 1 N–H and O–H groups in total. The highest BCUT2D eigenvalue weighted by molar-refractivity contribution is 6.06. The molecule has 2 amide bonds.